The Labute approximate surface area is 99.2 Å². The average Bonchev–Trinajstić information content (AvgIpc) is 2.29. The molecule has 1 aromatic rings. The van der Waals surface area contributed by atoms with Crippen LogP contribution in [0, 0.1) is 12.8 Å². The van der Waals surface area contributed by atoms with E-state index in [1.165, 1.54) is 12.1 Å². The molecule has 92 valence electrons. The van der Waals surface area contributed by atoms with Crippen molar-refractivity contribution in [2.24, 2.45) is 5.92 Å². The van der Waals surface area contributed by atoms with Crippen LogP contribution in [0.25, 0.3) is 0 Å². The third-order valence-electron chi connectivity index (χ3n) is 3.10. The lowest BCUT2D eigenvalue weighted by Crippen LogP contribution is -2.32. The SMILES string of the molecule is [CH]C1CCN(c2ccc(C(F)(F)F)cc2)CC1. The highest BCUT2D eigenvalue weighted by atomic mass is 19.4. The van der Waals surface area contributed by atoms with Gasteiger partial charge in [0.25, 0.3) is 0 Å². The van der Waals surface area contributed by atoms with Gasteiger partial charge in [-0.05, 0) is 49.9 Å². The quantitative estimate of drug-likeness (QED) is 0.725. The number of nitrogens with zero attached hydrogens (tertiary/aromatic N) is 1. The Morgan fingerprint density at radius 3 is 2.06 bits per heavy atom. The summed E-state index contributed by atoms with van der Waals surface area (Å²) in [7, 11) is 0. The minimum atomic E-state index is -4.26. The van der Waals surface area contributed by atoms with Gasteiger partial charge >= 0.3 is 6.18 Å². The van der Waals surface area contributed by atoms with Crippen LogP contribution in [0.3, 0.4) is 0 Å². The molecule has 0 aliphatic carbocycles. The van der Waals surface area contributed by atoms with Crippen molar-refractivity contribution in [2.75, 3.05) is 18.0 Å². The van der Waals surface area contributed by atoms with Crippen molar-refractivity contribution in [1.82, 2.24) is 0 Å². The van der Waals surface area contributed by atoms with Crippen LogP contribution in [-0.4, -0.2) is 13.1 Å². The van der Waals surface area contributed by atoms with E-state index in [4.69, 9.17) is 6.92 Å². The average molecular weight is 241 g/mol. The largest absolute Gasteiger partial charge is 0.416 e. The van der Waals surface area contributed by atoms with Gasteiger partial charge in [0, 0.05) is 18.8 Å². The van der Waals surface area contributed by atoms with Gasteiger partial charge in [-0.1, -0.05) is 0 Å². The summed E-state index contributed by atoms with van der Waals surface area (Å²) in [6.45, 7) is 7.40. The van der Waals surface area contributed by atoms with Crippen LogP contribution in [0.1, 0.15) is 18.4 Å². The number of hydrogen-bond acceptors (Lipinski definition) is 1. The normalized spacial score (nSPS) is 18.5. The van der Waals surface area contributed by atoms with Crippen LogP contribution in [0.4, 0.5) is 18.9 Å². The first-order chi connectivity index (χ1) is 7.97. The monoisotopic (exact) mass is 241 g/mol. The molecule has 2 radical (unpaired) electrons. The molecular weight excluding hydrogens is 227 g/mol. The third kappa shape index (κ3) is 2.93. The van der Waals surface area contributed by atoms with Crippen molar-refractivity contribution < 1.29 is 13.2 Å². The summed E-state index contributed by atoms with van der Waals surface area (Å²) in [5.41, 5.74) is 0.236. The van der Waals surface area contributed by atoms with Gasteiger partial charge in [-0.3, -0.25) is 0 Å². The molecule has 1 aliphatic rings. The van der Waals surface area contributed by atoms with E-state index in [1.807, 2.05) is 0 Å². The van der Waals surface area contributed by atoms with Crippen LogP contribution in [-0.2, 0) is 6.18 Å². The first-order valence-electron chi connectivity index (χ1n) is 5.64. The topological polar surface area (TPSA) is 3.24 Å². The smallest absolute Gasteiger partial charge is 0.372 e. The highest BCUT2D eigenvalue weighted by Gasteiger charge is 2.30. The standard InChI is InChI=1S/C13H14F3N/c1-10-6-8-17(9-7-10)12-4-2-11(3-5-12)13(14,15)16/h1-5,10H,6-9H2. The maximum absolute atomic E-state index is 12.4. The molecule has 1 aromatic carbocycles. The molecule has 1 nitrogen and oxygen atoms in total. The Kier molecular flexibility index (Phi) is 3.31. The molecule has 1 aliphatic heterocycles. The van der Waals surface area contributed by atoms with E-state index in [-0.39, 0.29) is 5.92 Å². The summed E-state index contributed by atoms with van der Waals surface area (Å²) >= 11 is 0. The van der Waals surface area contributed by atoms with Crippen LogP contribution in [0.5, 0.6) is 0 Å². The van der Waals surface area contributed by atoms with E-state index < -0.39 is 11.7 Å². The zero-order valence-electron chi connectivity index (χ0n) is 9.37. The summed E-state index contributed by atoms with van der Waals surface area (Å²) in [5, 5.41) is 0. The van der Waals surface area contributed by atoms with Gasteiger partial charge in [0.05, 0.1) is 5.56 Å². The van der Waals surface area contributed by atoms with Gasteiger partial charge in [0.1, 0.15) is 0 Å². The predicted molar refractivity (Wildman–Crippen MR) is 60.7 cm³/mol. The van der Waals surface area contributed by atoms with Crippen LogP contribution < -0.4 is 4.90 Å². The molecule has 0 unspecified atom stereocenters. The Bertz CT molecular complexity index is 361. The van der Waals surface area contributed by atoms with Crippen molar-refractivity contribution in [3.8, 4) is 0 Å². The molecule has 2 rings (SSSR count). The second-order valence-electron chi connectivity index (χ2n) is 4.37. The van der Waals surface area contributed by atoms with Crippen molar-refractivity contribution in [3.05, 3.63) is 36.8 Å². The molecule has 4 heteroatoms. The first kappa shape index (κ1) is 12.3. The van der Waals surface area contributed by atoms with E-state index in [9.17, 15) is 13.2 Å². The Morgan fingerprint density at radius 2 is 1.59 bits per heavy atom. The predicted octanol–water partition coefficient (Wildman–Crippen LogP) is 3.63. The summed E-state index contributed by atoms with van der Waals surface area (Å²) in [6, 6.07) is 5.31. The molecule has 0 spiro atoms. The van der Waals surface area contributed by atoms with E-state index in [2.05, 4.69) is 4.90 Å². The van der Waals surface area contributed by atoms with E-state index in [1.54, 1.807) is 0 Å². The fourth-order valence-corrected chi connectivity index (χ4v) is 2.02. The lowest BCUT2D eigenvalue weighted by atomic mass is 9.99. The minimum Gasteiger partial charge on any atom is -0.372 e. The van der Waals surface area contributed by atoms with Gasteiger partial charge in [-0.25, -0.2) is 0 Å². The molecule has 0 atom stereocenters. The molecule has 1 fully saturated rings. The van der Waals surface area contributed by atoms with E-state index >= 15 is 0 Å². The zero-order valence-corrected chi connectivity index (χ0v) is 9.37. The van der Waals surface area contributed by atoms with Crippen LogP contribution >= 0.6 is 0 Å². The van der Waals surface area contributed by atoms with Crippen molar-refractivity contribution in [1.29, 1.82) is 0 Å². The number of alkyl halides is 3. The number of rotatable bonds is 1. The Balaban J connectivity index is 2.08. The number of halogens is 3. The van der Waals surface area contributed by atoms with Crippen molar-refractivity contribution in [2.45, 2.75) is 19.0 Å². The molecule has 17 heavy (non-hydrogen) atoms. The first-order valence-corrected chi connectivity index (χ1v) is 5.64. The maximum atomic E-state index is 12.4. The molecule has 0 saturated carbocycles. The van der Waals surface area contributed by atoms with Gasteiger partial charge in [0.2, 0.25) is 0 Å². The fraction of sp³-hybridized carbons (Fsp3) is 0.462. The summed E-state index contributed by atoms with van der Waals surface area (Å²) in [6.07, 6.45) is -2.48. The third-order valence-corrected chi connectivity index (χ3v) is 3.10. The minimum absolute atomic E-state index is 0.223. The number of piperidine rings is 1. The molecule has 0 amide bonds. The summed E-state index contributed by atoms with van der Waals surface area (Å²) in [4.78, 5) is 2.07. The molecular formula is C13H14F3N. The summed E-state index contributed by atoms with van der Waals surface area (Å²) in [5.74, 6) is 0.223. The maximum Gasteiger partial charge on any atom is 0.416 e. The molecule has 1 saturated heterocycles. The highest BCUT2D eigenvalue weighted by molar-refractivity contribution is 5.48. The highest BCUT2D eigenvalue weighted by Crippen LogP contribution is 2.31. The molecule has 1 heterocycles. The number of anilines is 1. The van der Waals surface area contributed by atoms with Crippen LogP contribution in [0.2, 0.25) is 0 Å². The fourth-order valence-electron chi connectivity index (χ4n) is 2.02. The second-order valence-corrected chi connectivity index (χ2v) is 4.37. The van der Waals surface area contributed by atoms with E-state index in [0.29, 0.717) is 0 Å². The van der Waals surface area contributed by atoms with Gasteiger partial charge in [-0.15, -0.1) is 0 Å². The lowest BCUT2D eigenvalue weighted by Gasteiger charge is -2.32. The van der Waals surface area contributed by atoms with Crippen molar-refractivity contribution in [3.63, 3.8) is 0 Å². The number of benzene rings is 1. The Morgan fingerprint density at radius 1 is 1.06 bits per heavy atom. The summed E-state index contributed by atoms with van der Waals surface area (Å²) < 4.78 is 37.1. The van der Waals surface area contributed by atoms with Crippen LogP contribution in [0.15, 0.2) is 24.3 Å². The second kappa shape index (κ2) is 4.59. The Hall–Kier alpha value is -1.19. The van der Waals surface area contributed by atoms with E-state index in [0.717, 1.165) is 43.8 Å². The zero-order chi connectivity index (χ0) is 12.5. The lowest BCUT2D eigenvalue weighted by molar-refractivity contribution is -0.137. The van der Waals surface area contributed by atoms with Crippen molar-refractivity contribution >= 4 is 5.69 Å². The number of hydrogen-bond donors (Lipinski definition) is 0. The van der Waals surface area contributed by atoms with Gasteiger partial charge in [0.15, 0.2) is 0 Å². The molecule has 0 bridgehead atoms. The molecule has 0 N–H and O–H groups in total. The van der Waals surface area contributed by atoms with Gasteiger partial charge < -0.3 is 4.90 Å². The molecule has 0 aromatic heterocycles. The van der Waals surface area contributed by atoms with Gasteiger partial charge in [-0.2, -0.15) is 13.2 Å².